The number of benzene rings is 3. The van der Waals surface area contributed by atoms with E-state index in [1.807, 2.05) is 55.5 Å². The minimum Gasteiger partial charge on any atom is -0.390 e. The van der Waals surface area contributed by atoms with Gasteiger partial charge in [0, 0.05) is 59.6 Å². The Morgan fingerprint density at radius 2 is 1.77 bits per heavy atom. The molecule has 39 heavy (non-hydrogen) atoms. The summed E-state index contributed by atoms with van der Waals surface area (Å²) < 4.78 is 0. The Kier molecular flexibility index (Phi) is 10.2. The van der Waals surface area contributed by atoms with Crippen LogP contribution in [-0.2, 0) is 17.8 Å². The summed E-state index contributed by atoms with van der Waals surface area (Å²) in [5.74, 6) is -0.260. The maximum absolute atomic E-state index is 13.5. The van der Waals surface area contributed by atoms with E-state index in [2.05, 4.69) is 16.0 Å². The van der Waals surface area contributed by atoms with E-state index in [0.717, 1.165) is 23.2 Å². The van der Waals surface area contributed by atoms with E-state index in [1.54, 1.807) is 23.1 Å². The van der Waals surface area contributed by atoms with Crippen LogP contribution in [0.4, 0.5) is 11.4 Å². The maximum atomic E-state index is 13.5. The monoisotopic (exact) mass is 568 g/mol. The summed E-state index contributed by atoms with van der Waals surface area (Å²) in [4.78, 5) is 27.6. The van der Waals surface area contributed by atoms with Crippen molar-refractivity contribution in [3.05, 3.63) is 93.5 Å². The molecule has 1 heterocycles. The number of nitrogens with one attached hydrogen (secondary N) is 3. The van der Waals surface area contributed by atoms with Gasteiger partial charge in [-0.1, -0.05) is 53.5 Å². The minimum atomic E-state index is -0.875. The second-order valence-corrected chi connectivity index (χ2v) is 10.6. The first-order valence-electron chi connectivity index (χ1n) is 13.2. The molecule has 7 nitrogen and oxygen atoms in total. The SMILES string of the molecule is CCNc1cc(C(=O)NC(Cc2ccccc2)C(O)CNCc2cc(Cl)cc(Cl)c2)cc(N2CCCC2=O)c1. The van der Waals surface area contributed by atoms with E-state index in [0.29, 0.717) is 53.8 Å². The van der Waals surface area contributed by atoms with Crippen molar-refractivity contribution >= 4 is 46.4 Å². The van der Waals surface area contributed by atoms with Crippen molar-refractivity contribution in [2.45, 2.75) is 44.9 Å². The number of carbonyl (C=O) groups excluding carboxylic acids is 2. The lowest BCUT2D eigenvalue weighted by molar-refractivity contribution is -0.117. The van der Waals surface area contributed by atoms with Crippen LogP contribution >= 0.6 is 23.2 Å². The highest BCUT2D eigenvalue weighted by Crippen LogP contribution is 2.27. The molecule has 0 saturated carbocycles. The summed E-state index contributed by atoms with van der Waals surface area (Å²) in [6.07, 6.45) is 0.876. The molecule has 4 rings (SSSR count). The molecule has 0 bridgehead atoms. The summed E-state index contributed by atoms with van der Waals surface area (Å²) in [6, 6.07) is 19.9. The van der Waals surface area contributed by atoms with E-state index < -0.39 is 12.1 Å². The molecule has 1 aliphatic heterocycles. The van der Waals surface area contributed by atoms with Gasteiger partial charge in [-0.05, 0) is 67.3 Å². The second kappa shape index (κ2) is 13.8. The molecule has 4 N–H and O–H groups in total. The Labute approximate surface area is 239 Å². The Morgan fingerprint density at radius 1 is 1.03 bits per heavy atom. The van der Waals surface area contributed by atoms with E-state index >= 15 is 0 Å². The highest BCUT2D eigenvalue weighted by atomic mass is 35.5. The van der Waals surface area contributed by atoms with Crippen LogP contribution in [0.1, 0.15) is 41.3 Å². The summed E-state index contributed by atoms with van der Waals surface area (Å²) in [5.41, 5.74) is 3.78. The van der Waals surface area contributed by atoms with Crippen molar-refractivity contribution < 1.29 is 14.7 Å². The number of amides is 2. The second-order valence-electron chi connectivity index (χ2n) is 9.69. The van der Waals surface area contributed by atoms with Gasteiger partial charge in [0.05, 0.1) is 12.1 Å². The Hall–Kier alpha value is -3.10. The molecule has 9 heteroatoms. The number of aliphatic hydroxyl groups is 1. The predicted octanol–water partition coefficient (Wildman–Crippen LogP) is 5.04. The molecule has 1 aliphatic rings. The van der Waals surface area contributed by atoms with Crippen LogP contribution in [0.5, 0.6) is 0 Å². The third-order valence-electron chi connectivity index (χ3n) is 6.63. The number of hydrogen-bond acceptors (Lipinski definition) is 5. The van der Waals surface area contributed by atoms with Gasteiger partial charge < -0.3 is 26.0 Å². The van der Waals surface area contributed by atoms with E-state index in [1.165, 1.54) is 0 Å². The lowest BCUT2D eigenvalue weighted by Gasteiger charge is -2.25. The van der Waals surface area contributed by atoms with Gasteiger partial charge in [0.25, 0.3) is 5.91 Å². The lowest BCUT2D eigenvalue weighted by Crippen LogP contribution is -2.48. The molecular formula is C30H34Cl2N4O3. The van der Waals surface area contributed by atoms with Crippen LogP contribution in [0.15, 0.2) is 66.7 Å². The molecule has 1 saturated heterocycles. The van der Waals surface area contributed by atoms with Crippen LogP contribution in [-0.4, -0.2) is 48.7 Å². The van der Waals surface area contributed by atoms with Gasteiger partial charge in [-0.2, -0.15) is 0 Å². The standard InChI is InChI=1S/C30H34Cl2N4O3/c1-2-34-25-14-22(15-26(17-25)36-10-6-9-29(36)38)30(39)35-27(13-20-7-4-3-5-8-20)28(37)19-33-18-21-11-23(31)16-24(32)12-21/h3-5,7-8,11-12,14-17,27-28,33-34,37H,2,6,9-10,13,18-19H2,1H3,(H,35,39). The van der Waals surface area contributed by atoms with Gasteiger partial charge in [0.2, 0.25) is 5.91 Å². The van der Waals surface area contributed by atoms with Gasteiger partial charge in [0.15, 0.2) is 0 Å². The fraction of sp³-hybridized carbons (Fsp3) is 0.333. The smallest absolute Gasteiger partial charge is 0.251 e. The van der Waals surface area contributed by atoms with Crippen LogP contribution in [0.2, 0.25) is 10.0 Å². The molecule has 206 valence electrons. The average molecular weight is 570 g/mol. The van der Waals surface area contributed by atoms with Crippen molar-refractivity contribution in [3.63, 3.8) is 0 Å². The number of carbonyl (C=O) groups is 2. The third-order valence-corrected chi connectivity index (χ3v) is 7.07. The molecule has 3 aromatic carbocycles. The zero-order valence-electron chi connectivity index (χ0n) is 21.9. The number of hydrogen-bond donors (Lipinski definition) is 4. The van der Waals surface area contributed by atoms with E-state index in [4.69, 9.17) is 23.2 Å². The molecule has 2 amide bonds. The topological polar surface area (TPSA) is 93.7 Å². The number of anilines is 2. The van der Waals surface area contributed by atoms with Gasteiger partial charge in [-0.25, -0.2) is 0 Å². The zero-order valence-corrected chi connectivity index (χ0v) is 23.4. The van der Waals surface area contributed by atoms with Crippen molar-refractivity contribution in [3.8, 4) is 0 Å². The lowest BCUT2D eigenvalue weighted by atomic mass is 10.00. The van der Waals surface area contributed by atoms with Crippen molar-refractivity contribution in [1.82, 2.24) is 10.6 Å². The third kappa shape index (κ3) is 8.19. The summed E-state index contributed by atoms with van der Waals surface area (Å²) >= 11 is 12.2. The Bertz CT molecular complexity index is 1270. The molecule has 0 spiro atoms. The first-order valence-corrected chi connectivity index (χ1v) is 14.0. The predicted molar refractivity (Wildman–Crippen MR) is 158 cm³/mol. The van der Waals surface area contributed by atoms with Crippen molar-refractivity contribution in [2.75, 3.05) is 29.9 Å². The molecule has 3 aromatic rings. The summed E-state index contributed by atoms with van der Waals surface area (Å²) in [6.45, 7) is 3.99. The number of halogens is 2. The van der Waals surface area contributed by atoms with E-state index in [9.17, 15) is 14.7 Å². The van der Waals surface area contributed by atoms with Crippen LogP contribution in [0, 0.1) is 0 Å². The van der Waals surface area contributed by atoms with Crippen molar-refractivity contribution in [2.24, 2.45) is 0 Å². The normalized spacial score (nSPS) is 14.8. The molecule has 2 unspecified atom stereocenters. The number of aliphatic hydroxyl groups excluding tert-OH is 1. The zero-order chi connectivity index (χ0) is 27.8. The number of rotatable bonds is 12. The fourth-order valence-corrected chi connectivity index (χ4v) is 5.32. The van der Waals surface area contributed by atoms with Crippen LogP contribution in [0.3, 0.4) is 0 Å². The summed E-state index contributed by atoms with van der Waals surface area (Å²) in [7, 11) is 0. The van der Waals surface area contributed by atoms with Crippen LogP contribution < -0.4 is 20.9 Å². The van der Waals surface area contributed by atoms with Crippen LogP contribution in [0.25, 0.3) is 0 Å². The van der Waals surface area contributed by atoms with Gasteiger partial charge in [-0.3, -0.25) is 9.59 Å². The fourth-order valence-electron chi connectivity index (χ4n) is 4.75. The molecule has 0 radical (unpaired) electrons. The molecular weight excluding hydrogens is 535 g/mol. The van der Waals surface area contributed by atoms with Gasteiger partial charge in [-0.15, -0.1) is 0 Å². The minimum absolute atomic E-state index is 0.0550. The Morgan fingerprint density at radius 3 is 2.44 bits per heavy atom. The first-order chi connectivity index (χ1) is 18.8. The van der Waals surface area contributed by atoms with Gasteiger partial charge >= 0.3 is 0 Å². The average Bonchev–Trinajstić information content (AvgIpc) is 3.34. The molecule has 1 fully saturated rings. The summed E-state index contributed by atoms with van der Waals surface area (Å²) in [5, 5.41) is 21.8. The van der Waals surface area contributed by atoms with E-state index in [-0.39, 0.29) is 18.4 Å². The highest BCUT2D eigenvalue weighted by molar-refractivity contribution is 6.34. The largest absolute Gasteiger partial charge is 0.390 e. The highest BCUT2D eigenvalue weighted by Gasteiger charge is 2.25. The van der Waals surface area contributed by atoms with Gasteiger partial charge in [0.1, 0.15) is 0 Å². The molecule has 0 aliphatic carbocycles. The molecule has 0 aromatic heterocycles. The quantitative estimate of drug-likeness (QED) is 0.245. The first kappa shape index (κ1) is 28.9. The Balaban J connectivity index is 1.50. The maximum Gasteiger partial charge on any atom is 0.251 e. The van der Waals surface area contributed by atoms with Crippen molar-refractivity contribution in [1.29, 1.82) is 0 Å². The number of nitrogens with zero attached hydrogens (tertiary/aromatic N) is 1. The molecule has 2 atom stereocenters.